The molecule has 7 nitrogen and oxygen atoms in total. The van der Waals surface area contributed by atoms with Crippen LogP contribution in [0.3, 0.4) is 0 Å². The number of anilines is 1. The molecule has 0 aliphatic heterocycles. The molecule has 0 saturated carbocycles. The molecule has 5 aromatic rings. The first-order valence-corrected chi connectivity index (χ1v) is 11.4. The fraction of sp³-hybridized carbons (Fsp3) is 0.120. The number of nitrogens with one attached hydrogen (secondary N) is 1. The maximum absolute atomic E-state index is 13.0. The lowest BCUT2D eigenvalue weighted by Crippen LogP contribution is -2.23. The van der Waals surface area contributed by atoms with E-state index in [2.05, 4.69) is 20.5 Å². The third-order valence-electron chi connectivity index (χ3n) is 5.23. The van der Waals surface area contributed by atoms with Crippen molar-refractivity contribution in [1.29, 1.82) is 0 Å². The zero-order valence-electron chi connectivity index (χ0n) is 17.9. The van der Waals surface area contributed by atoms with E-state index < -0.39 is 5.25 Å². The Hall–Kier alpha value is -3.91. The second-order valence-electron chi connectivity index (χ2n) is 7.49. The number of benzene rings is 2. The number of aromatic nitrogens is 4. The van der Waals surface area contributed by atoms with Crippen molar-refractivity contribution in [3.8, 4) is 11.4 Å². The topological polar surface area (TPSA) is 85.8 Å². The van der Waals surface area contributed by atoms with Crippen molar-refractivity contribution in [1.82, 2.24) is 19.7 Å². The summed E-state index contributed by atoms with van der Waals surface area (Å²) in [6, 6.07) is 21.4. The van der Waals surface area contributed by atoms with Crippen molar-refractivity contribution in [2.45, 2.75) is 23.9 Å². The Labute approximate surface area is 194 Å². The van der Waals surface area contributed by atoms with Gasteiger partial charge in [-0.25, -0.2) is 0 Å². The van der Waals surface area contributed by atoms with Crippen molar-refractivity contribution in [3.05, 3.63) is 91.1 Å². The van der Waals surface area contributed by atoms with E-state index in [1.807, 2.05) is 78.2 Å². The van der Waals surface area contributed by atoms with Crippen LogP contribution >= 0.6 is 11.8 Å². The zero-order chi connectivity index (χ0) is 22.6. The number of rotatable bonds is 7. The number of nitrogens with zero attached hydrogens (tertiary/aromatic N) is 4. The summed E-state index contributed by atoms with van der Waals surface area (Å²) in [5.74, 6) is 1.34. The average Bonchev–Trinajstić information content (AvgIpc) is 3.50. The van der Waals surface area contributed by atoms with Gasteiger partial charge in [-0.3, -0.25) is 14.3 Å². The Morgan fingerprint density at radius 3 is 2.76 bits per heavy atom. The average molecular weight is 456 g/mol. The van der Waals surface area contributed by atoms with Crippen molar-refractivity contribution in [2.24, 2.45) is 0 Å². The lowest BCUT2D eigenvalue weighted by molar-refractivity contribution is -0.115. The second-order valence-corrected chi connectivity index (χ2v) is 8.80. The molecule has 0 bridgehead atoms. The molecule has 0 aliphatic carbocycles. The zero-order valence-corrected chi connectivity index (χ0v) is 18.7. The van der Waals surface area contributed by atoms with Crippen LogP contribution in [0.25, 0.3) is 22.2 Å². The smallest absolute Gasteiger partial charge is 0.237 e. The van der Waals surface area contributed by atoms with Gasteiger partial charge in [-0.1, -0.05) is 48.2 Å². The minimum atomic E-state index is -0.398. The van der Waals surface area contributed by atoms with Gasteiger partial charge in [0.05, 0.1) is 18.1 Å². The predicted octanol–water partition coefficient (Wildman–Crippen LogP) is 5.25. The number of fused-ring (bicyclic) bond motifs is 1. The lowest BCUT2D eigenvalue weighted by atomic mass is 10.1. The van der Waals surface area contributed by atoms with Gasteiger partial charge >= 0.3 is 0 Å². The number of hydrogen-bond acceptors (Lipinski definition) is 6. The SMILES string of the molecule is CC(Sc1nnc(-c2cccnc2)n1Cc1ccco1)C(=O)Nc1cccc2ccccc12. The molecule has 1 N–H and O–H groups in total. The van der Waals surface area contributed by atoms with E-state index in [1.54, 1.807) is 18.7 Å². The van der Waals surface area contributed by atoms with Gasteiger partial charge in [0, 0.05) is 29.0 Å². The van der Waals surface area contributed by atoms with Crippen molar-refractivity contribution >= 4 is 34.1 Å². The molecule has 3 aromatic heterocycles. The summed E-state index contributed by atoms with van der Waals surface area (Å²) >= 11 is 1.36. The second kappa shape index (κ2) is 9.30. The van der Waals surface area contributed by atoms with Crippen LogP contribution in [0.4, 0.5) is 5.69 Å². The minimum Gasteiger partial charge on any atom is -0.467 e. The van der Waals surface area contributed by atoms with Crippen molar-refractivity contribution in [3.63, 3.8) is 0 Å². The summed E-state index contributed by atoms with van der Waals surface area (Å²) in [6.45, 7) is 2.31. The van der Waals surface area contributed by atoms with Gasteiger partial charge in [-0.05, 0) is 42.6 Å². The molecule has 1 unspecified atom stereocenters. The Morgan fingerprint density at radius 2 is 1.94 bits per heavy atom. The molecule has 0 fully saturated rings. The summed E-state index contributed by atoms with van der Waals surface area (Å²) in [5, 5.41) is 14.1. The molecule has 3 heterocycles. The number of carbonyl (C=O) groups excluding carboxylic acids is 1. The fourth-order valence-electron chi connectivity index (χ4n) is 3.57. The summed E-state index contributed by atoms with van der Waals surface area (Å²) < 4.78 is 7.49. The Kier molecular flexibility index (Phi) is 5.91. The summed E-state index contributed by atoms with van der Waals surface area (Å²) in [5.41, 5.74) is 1.63. The summed E-state index contributed by atoms with van der Waals surface area (Å²) in [6.07, 6.45) is 5.09. The Balaban J connectivity index is 1.40. The molecular weight excluding hydrogens is 434 g/mol. The Morgan fingerprint density at radius 1 is 1.06 bits per heavy atom. The van der Waals surface area contributed by atoms with E-state index in [0.717, 1.165) is 27.8 Å². The van der Waals surface area contributed by atoms with E-state index in [0.29, 0.717) is 17.5 Å². The lowest BCUT2D eigenvalue weighted by Gasteiger charge is -2.14. The van der Waals surface area contributed by atoms with Crippen molar-refractivity contribution in [2.75, 3.05) is 5.32 Å². The van der Waals surface area contributed by atoms with Crippen LogP contribution < -0.4 is 5.32 Å². The van der Waals surface area contributed by atoms with Gasteiger partial charge in [-0.15, -0.1) is 10.2 Å². The molecule has 33 heavy (non-hydrogen) atoms. The first-order valence-electron chi connectivity index (χ1n) is 10.5. The van der Waals surface area contributed by atoms with Gasteiger partial charge in [0.15, 0.2) is 11.0 Å². The van der Waals surface area contributed by atoms with Crippen LogP contribution in [-0.4, -0.2) is 30.9 Å². The largest absolute Gasteiger partial charge is 0.467 e. The van der Waals surface area contributed by atoms with Crippen LogP contribution in [0, 0.1) is 0 Å². The highest BCUT2D eigenvalue weighted by Crippen LogP contribution is 2.29. The normalized spacial score (nSPS) is 12.0. The molecule has 0 radical (unpaired) electrons. The molecule has 0 spiro atoms. The van der Waals surface area contributed by atoms with Gasteiger partial charge in [0.2, 0.25) is 5.91 Å². The molecule has 1 amide bonds. The van der Waals surface area contributed by atoms with E-state index >= 15 is 0 Å². The molecule has 0 aliphatic rings. The third kappa shape index (κ3) is 4.51. The van der Waals surface area contributed by atoms with Crippen LogP contribution in [-0.2, 0) is 11.3 Å². The molecule has 5 rings (SSSR count). The van der Waals surface area contributed by atoms with Gasteiger partial charge in [0.25, 0.3) is 0 Å². The summed E-state index contributed by atoms with van der Waals surface area (Å²) in [7, 11) is 0. The van der Waals surface area contributed by atoms with Crippen LogP contribution in [0.1, 0.15) is 12.7 Å². The molecular formula is C25H21N5O2S. The van der Waals surface area contributed by atoms with Gasteiger partial charge in [0.1, 0.15) is 5.76 Å². The molecule has 0 saturated heterocycles. The van der Waals surface area contributed by atoms with Crippen LogP contribution in [0.15, 0.2) is 95.0 Å². The van der Waals surface area contributed by atoms with E-state index in [-0.39, 0.29) is 5.91 Å². The third-order valence-corrected chi connectivity index (χ3v) is 6.31. The number of furan rings is 1. The maximum Gasteiger partial charge on any atom is 0.237 e. The fourth-order valence-corrected chi connectivity index (χ4v) is 4.41. The van der Waals surface area contributed by atoms with Crippen LogP contribution in [0.5, 0.6) is 0 Å². The van der Waals surface area contributed by atoms with E-state index in [9.17, 15) is 4.79 Å². The van der Waals surface area contributed by atoms with Crippen molar-refractivity contribution < 1.29 is 9.21 Å². The summed E-state index contributed by atoms with van der Waals surface area (Å²) in [4.78, 5) is 17.2. The minimum absolute atomic E-state index is 0.105. The molecule has 1 atom stereocenters. The molecule has 2 aromatic carbocycles. The highest BCUT2D eigenvalue weighted by Gasteiger charge is 2.22. The standard InChI is InChI=1S/C25H21N5O2S/c1-17(24(31)27-22-12-4-8-18-7-2-3-11-21(18)22)33-25-29-28-23(19-9-5-13-26-15-19)30(25)16-20-10-6-14-32-20/h2-15,17H,16H2,1H3,(H,27,31). The number of pyridine rings is 1. The van der Waals surface area contributed by atoms with Gasteiger partial charge in [-0.2, -0.15) is 0 Å². The molecule has 164 valence electrons. The number of thioether (sulfide) groups is 1. The maximum atomic E-state index is 13.0. The highest BCUT2D eigenvalue weighted by molar-refractivity contribution is 8.00. The van der Waals surface area contributed by atoms with Crippen LogP contribution in [0.2, 0.25) is 0 Å². The number of amides is 1. The first kappa shape index (κ1) is 21.0. The Bertz CT molecular complexity index is 1380. The monoisotopic (exact) mass is 455 g/mol. The first-order chi connectivity index (χ1) is 16.2. The number of carbonyl (C=O) groups is 1. The quantitative estimate of drug-likeness (QED) is 0.337. The number of hydrogen-bond donors (Lipinski definition) is 1. The highest BCUT2D eigenvalue weighted by atomic mass is 32.2. The van der Waals surface area contributed by atoms with Gasteiger partial charge < -0.3 is 9.73 Å². The van der Waals surface area contributed by atoms with E-state index in [1.165, 1.54) is 11.8 Å². The molecule has 8 heteroatoms. The predicted molar refractivity (Wildman–Crippen MR) is 129 cm³/mol. The van der Waals surface area contributed by atoms with E-state index in [4.69, 9.17) is 4.42 Å².